The van der Waals surface area contributed by atoms with Crippen LogP contribution in [0.3, 0.4) is 0 Å². The summed E-state index contributed by atoms with van der Waals surface area (Å²) in [6.07, 6.45) is 2.30. The molecule has 3 fully saturated rings. The number of hydrogen-bond donors (Lipinski definition) is 3. The van der Waals surface area contributed by atoms with Crippen molar-refractivity contribution in [2.75, 3.05) is 27.2 Å². The van der Waals surface area contributed by atoms with E-state index in [4.69, 9.17) is 17.3 Å². The molecule has 4 aliphatic rings. The minimum atomic E-state index is -2.73. The number of nitrogens with two attached hydrogens (primary N) is 1. The van der Waals surface area contributed by atoms with Crippen LogP contribution in [0.15, 0.2) is 6.07 Å². The Kier molecular flexibility index (Phi) is 6.30. The van der Waals surface area contributed by atoms with Crippen LogP contribution in [0.4, 0.5) is 0 Å². The lowest BCUT2D eigenvalue weighted by molar-refractivity contribution is -0.181. The Hall–Kier alpha value is -2.66. The number of likely N-dealkylation sites (N-methyl/N-ethyl adjacent to an activating group) is 1. The van der Waals surface area contributed by atoms with Crippen LogP contribution in [-0.2, 0) is 32.1 Å². The normalized spacial score (nSPS) is 33.9. The maximum atomic E-state index is 13.8. The van der Waals surface area contributed by atoms with Gasteiger partial charge in [-0.3, -0.25) is 33.8 Å². The van der Waals surface area contributed by atoms with Crippen molar-refractivity contribution in [2.45, 2.75) is 43.9 Å². The number of fused-ring (bicyclic) bond motifs is 3. The van der Waals surface area contributed by atoms with Crippen molar-refractivity contribution in [3.63, 3.8) is 0 Å². The van der Waals surface area contributed by atoms with Gasteiger partial charge in [-0.1, -0.05) is 11.6 Å². The molecule has 5 rings (SSSR count). The molecule has 0 radical (unpaired) electrons. The third-order valence-electron chi connectivity index (χ3n) is 8.66. The van der Waals surface area contributed by atoms with Crippen molar-refractivity contribution in [2.24, 2.45) is 29.4 Å². The van der Waals surface area contributed by atoms with Crippen LogP contribution in [0.2, 0.25) is 5.02 Å². The van der Waals surface area contributed by atoms with Gasteiger partial charge in [0.2, 0.25) is 5.91 Å². The van der Waals surface area contributed by atoms with Gasteiger partial charge >= 0.3 is 0 Å². The number of halogens is 1. The fourth-order valence-electron chi connectivity index (χ4n) is 7.00. The van der Waals surface area contributed by atoms with Crippen molar-refractivity contribution in [1.82, 2.24) is 9.80 Å². The number of likely N-dealkylation sites (tertiary alicyclic amines) is 1. The van der Waals surface area contributed by atoms with Gasteiger partial charge in [0.25, 0.3) is 0 Å². The summed E-state index contributed by atoms with van der Waals surface area (Å²) in [6.45, 7) is 2.34. The SMILES string of the molecule is CN(C)C1C(=O)C(C(N)=O)C(=O)C2(O)C(=O)C3C(=O)c4c(O)cc(CN5CCCC5)c(Cl)c4CC3CC12. The Morgan fingerprint density at radius 2 is 1.84 bits per heavy atom. The van der Waals surface area contributed by atoms with Crippen molar-refractivity contribution in [1.29, 1.82) is 0 Å². The second-order valence-electron chi connectivity index (χ2n) is 11.0. The predicted molar refractivity (Wildman–Crippen MR) is 131 cm³/mol. The summed E-state index contributed by atoms with van der Waals surface area (Å²) in [5.74, 6) is -10.6. The largest absolute Gasteiger partial charge is 0.507 e. The molecule has 1 aromatic rings. The lowest BCUT2D eigenvalue weighted by Gasteiger charge is -2.52. The van der Waals surface area contributed by atoms with E-state index in [9.17, 15) is 34.2 Å². The molecular weight excluding hydrogens is 502 g/mol. The van der Waals surface area contributed by atoms with Gasteiger partial charge in [0.05, 0.1) is 17.5 Å². The van der Waals surface area contributed by atoms with Crippen LogP contribution in [-0.4, -0.2) is 87.9 Å². The van der Waals surface area contributed by atoms with Gasteiger partial charge in [-0.05, 0) is 76.0 Å². The first-order valence-corrected chi connectivity index (χ1v) is 12.9. The number of phenols is 1. The van der Waals surface area contributed by atoms with Crippen LogP contribution in [0, 0.1) is 23.7 Å². The van der Waals surface area contributed by atoms with Crippen molar-refractivity contribution < 1.29 is 34.2 Å². The van der Waals surface area contributed by atoms with E-state index in [1.54, 1.807) is 14.1 Å². The van der Waals surface area contributed by atoms with E-state index in [1.165, 1.54) is 11.0 Å². The number of nitrogens with zero attached hydrogens (tertiary/aromatic N) is 2. The molecule has 37 heavy (non-hydrogen) atoms. The van der Waals surface area contributed by atoms with Crippen molar-refractivity contribution in [3.8, 4) is 5.75 Å². The number of hydrogen-bond acceptors (Lipinski definition) is 9. The zero-order chi connectivity index (χ0) is 27.0. The molecule has 2 saturated carbocycles. The molecule has 10 nitrogen and oxygen atoms in total. The number of ketones is 4. The monoisotopic (exact) mass is 531 g/mol. The average molecular weight is 532 g/mol. The second-order valence-corrected chi connectivity index (χ2v) is 11.4. The van der Waals surface area contributed by atoms with Crippen LogP contribution in [0.1, 0.15) is 40.7 Å². The zero-order valence-corrected chi connectivity index (χ0v) is 21.5. The van der Waals surface area contributed by atoms with Gasteiger partial charge in [-0.2, -0.15) is 0 Å². The summed E-state index contributed by atoms with van der Waals surface area (Å²) in [7, 11) is 3.10. The molecule has 1 aliphatic heterocycles. The number of benzene rings is 1. The van der Waals surface area contributed by atoms with Crippen LogP contribution in [0.5, 0.6) is 5.75 Å². The number of aromatic hydroxyl groups is 1. The Balaban J connectivity index is 1.58. The number of Topliss-reactive ketones (excluding diaryl/α,β-unsaturated/α-hetero) is 4. The van der Waals surface area contributed by atoms with E-state index in [-0.39, 0.29) is 24.2 Å². The number of carbonyl (C=O) groups excluding carboxylic acids is 5. The number of aliphatic hydroxyl groups is 1. The van der Waals surface area contributed by atoms with Gasteiger partial charge in [-0.25, -0.2) is 0 Å². The molecule has 1 saturated heterocycles. The highest BCUT2D eigenvalue weighted by atomic mass is 35.5. The minimum Gasteiger partial charge on any atom is -0.507 e. The van der Waals surface area contributed by atoms with E-state index < -0.39 is 64.4 Å². The predicted octanol–water partition coefficient (Wildman–Crippen LogP) is 0.116. The van der Waals surface area contributed by atoms with Gasteiger partial charge in [-0.15, -0.1) is 0 Å². The smallest absolute Gasteiger partial charge is 0.235 e. The quantitative estimate of drug-likeness (QED) is 0.458. The fraction of sp³-hybridized carbons (Fsp3) is 0.577. The summed E-state index contributed by atoms with van der Waals surface area (Å²) in [5, 5.41) is 22.8. The molecule has 1 amide bonds. The molecule has 3 aliphatic carbocycles. The highest BCUT2D eigenvalue weighted by Crippen LogP contribution is 2.51. The molecule has 0 spiro atoms. The highest BCUT2D eigenvalue weighted by molar-refractivity contribution is 6.34. The number of rotatable bonds is 4. The van der Waals surface area contributed by atoms with Crippen LogP contribution >= 0.6 is 11.6 Å². The number of phenolic OH excluding ortho intramolecular Hbond substituents is 1. The summed E-state index contributed by atoms with van der Waals surface area (Å²) in [4.78, 5) is 69.6. The first kappa shape index (κ1) is 26.0. The minimum absolute atomic E-state index is 0.00264. The van der Waals surface area contributed by atoms with Crippen LogP contribution in [0.25, 0.3) is 0 Å². The molecule has 1 heterocycles. The number of amides is 1. The Morgan fingerprint density at radius 3 is 2.43 bits per heavy atom. The lowest BCUT2D eigenvalue weighted by Crippen LogP contribution is -2.74. The maximum absolute atomic E-state index is 13.8. The van der Waals surface area contributed by atoms with E-state index in [0.29, 0.717) is 22.7 Å². The fourth-order valence-corrected chi connectivity index (χ4v) is 7.29. The molecule has 1 aromatic carbocycles. The standard InChI is InChI=1S/C26H30ClN3O7/c1-29(2)20-14-8-11-7-13-17(15(31)9-12(19(13)27)10-30-5-3-4-6-30)21(32)16(11)23(34)26(14,37)24(35)18(22(20)33)25(28)36/h9,11,14,16,18,20,31,37H,3-8,10H2,1-2H3,(H2,28,36). The highest BCUT2D eigenvalue weighted by Gasteiger charge is 2.69. The average Bonchev–Trinajstić information content (AvgIpc) is 3.32. The molecular formula is C26H30ClN3O7. The number of carbonyl (C=O) groups is 5. The second kappa shape index (κ2) is 8.97. The molecule has 4 N–H and O–H groups in total. The topological polar surface area (TPSA) is 158 Å². The number of primary amides is 1. The maximum Gasteiger partial charge on any atom is 0.235 e. The molecule has 6 unspecified atom stereocenters. The summed E-state index contributed by atoms with van der Waals surface area (Å²) < 4.78 is 0. The zero-order valence-electron chi connectivity index (χ0n) is 20.7. The van der Waals surface area contributed by atoms with E-state index in [2.05, 4.69) is 4.90 Å². The lowest BCUT2D eigenvalue weighted by atomic mass is 9.52. The molecule has 0 bridgehead atoms. The van der Waals surface area contributed by atoms with Gasteiger partial charge in [0.1, 0.15) is 5.75 Å². The van der Waals surface area contributed by atoms with Crippen LogP contribution < -0.4 is 5.73 Å². The molecule has 0 aromatic heterocycles. The Bertz CT molecular complexity index is 1240. The van der Waals surface area contributed by atoms with Gasteiger partial charge < -0.3 is 15.9 Å². The van der Waals surface area contributed by atoms with Gasteiger partial charge in [0.15, 0.2) is 34.7 Å². The summed E-state index contributed by atoms with van der Waals surface area (Å²) >= 11 is 6.76. The third-order valence-corrected chi connectivity index (χ3v) is 9.13. The first-order valence-electron chi connectivity index (χ1n) is 12.5. The van der Waals surface area contributed by atoms with Crippen molar-refractivity contribution >= 4 is 40.6 Å². The summed E-state index contributed by atoms with van der Waals surface area (Å²) in [6, 6.07) is 0.310. The Morgan fingerprint density at radius 1 is 1.19 bits per heavy atom. The third kappa shape index (κ3) is 3.68. The molecule has 6 atom stereocenters. The Labute approximate surface area is 218 Å². The molecule has 198 valence electrons. The summed E-state index contributed by atoms with van der Waals surface area (Å²) in [5.41, 5.74) is 3.64. The van der Waals surface area contributed by atoms with E-state index in [0.717, 1.165) is 25.9 Å². The van der Waals surface area contributed by atoms with Gasteiger partial charge in [0, 0.05) is 17.5 Å². The molecule has 11 heteroatoms. The first-order chi connectivity index (χ1) is 17.4. The van der Waals surface area contributed by atoms with E-state index in [1.807, 2.05) is 0 Å². The van der Waals surface area contributed by atoms with E-state index >= 15 is 0 Å². The van der Waals surface area contributed by atoms with Crippen molar-refractivity contribution in [3.05, 3.63) is 27.8 Å².